The number of hydrogen-bond acceptors (Lipinski definition) is 5. The van der Waals surface area contributed by atoms with Crippen molar-refractivity contribution >= 4 is 16.9 Å². The molecule has 2 N–H and O–H groups in total. The normalized spacial score (nSPS) is 14.4. The summed E-state index contributed by atoms with van der Waals surface area (Å²) in [4.78, 5) is 32.4. The smallest absolute Gasteiger partial charge is 0.255 e. The van der Waals surface area contributed by atoms with E-state index in [-0.39, 0.29) is 5.56 Å². The third-order valence-electron chi connectivity index (χ3n) is 5.96. The molecule has 4 aromatic rings. The first-order chi connectivity index (χ1) is 15.2. The Hall–Kier alpha value is -3.45. The number of pyridine rings is 1. The Morgan fingerprint density at radius 1 is 1.13 bits per heavy atom. The highest BCUT2D eigenvalue weighted by atomic mass is 16.1. The zero-order chi connectivity index (χ0) is 21.2. The second-order valence-electron chi connectivity index (χ2n) is 8.21. The Labute approximate surface area is 180 Å². The van der Waals surface area contributed by atoms with Gasteiger partial charge < -0.3 is 9.88 Å². The van der Waals surface area contributed by atoms with E-state index in [0.717, 1.165) is 54.8 Å². The van der Waals surface area contributed by atoms with Crippen LogP contribution in [0.25, 0.3) is 10.9 Å². The lowest BCUT2D eigenvalue weighted by atomic mass is 10.1. The van der Waals surface area contributed by atoms with Crippen LogP contribution in [-0.4, -0.2) is 45.0 Å². The van der Waals surface area contributed by atoms with Crippen molar-refractivity contribution in [2.45, 2.75) is 25.9 Å². The van der Waals surface area contributed by atoms with Crippen LogP contribution in [0, 0.1) is 0 Å². The zero-order valence-electron chi connectivity index (χ0n) is 17.6. The van der Waals surface area contributed by atoms with Gasteiger partial charge in [0.2, 0.25) is 5.95 Å². The summed E-state index contributed by atoms with van der Waals surface area (Å²) in [6.07, 6.45) is 7.06. The van der Waals surface area contributed by atoms with E-state index in [9.17, 15) is 4.79 Å². The number of benzene rings is 1. The molecule has 7 heteroatoms. The monoisotopic (exact) mass is 414 g/mol. The number of hydrogen-bond donors (Lipinski definition) is 2. The van der Waals surface area contributed by atoms with Gasteiger partial charge >= 0.3 is 0 Å². The number of anilines is 1. The average molecular weight is 415 g/mol. The minimum atomic E-state index is -0.0198. The molecule has 31 heavy (non-hydrogen) atoms. The molecule has 3 aromatic heterocycles. The van der Waals surface area contributed by atoms with Gasteiger partial charge in [0.05, 0.1) is 5.69 Å². The van der Waals surface area contributed by atoms with E-state index in [1.807, 2.05) is 36.5 Å². The molecule has 0 amide bonds. The molecule has 0 unspecified atom stereocenters. The summed E-state index contributed by atoms with van der Waals surface area (Å²) in [6, 6.07) is 12.6. The molecule has 0 saturated heterocycles. The molecule has 5 rings (SSSR count). The largest absolute Gasteiger partial charge is 0.361 e. The van der Waals surface area contributed by atoms with E-state index >= 15 is 0 Å². The third kappa shape index (κ3) is 4.22. The van der Waals surface area contributed by atoms with Crippen LogP contribution in [0.5, 0.6) is 0 Å². The van der Waals surface area contributed by atoms with Crippen LogP contribution in [-0.2, 0) is 25.9 Å². The minimum Gasteiger partial charge on any atom is -0.361 e. The standard InChI is InChI=1S/C24H26N6O/c1-29(15-18-3-2-9-25-14-18)24-27-22-8-12-30(11-7-20(22)23(31)28-24)16-17-4-5-21-19(13-17)6-10-26-21/h2-6,9-10,13-14,26H,7-8,11-12,15-16H2,1H3,(H,27,28,31). The van der Waals surface area contributed by atoms with Crippen LogP contribution in [0.3, 0.4) is 0 Å². The lowest BCUT2D eigenvalue weighted by molar-refractivity contribution is 0.279. The van der Waals surface area contributed by atoms with Gasteiger partial charge in [0, 0.05) is 69.3 Å². The molecule has 0 atom stereocenters. The molecule has 4 heterocycles. The highest BCUT2D eigenvalue weighted by molar-refractivity contribution is 5.79. The molecule has 0 saturated carbocycles. The first kappa shape index (κ1) is 19.5. The number of nitrogens with zero attached hydrogens (tertiary/aromatic N) is 4. The highest BCUT2D eigenvalue weighted by Crippen LogP contribution is 2.19. The van der Waals surface area contributed by atoms with Gasteiger partial charge in [0.25, 0.3) is 5.56 Å². The van der Waals surface area contributed by atoms with Crippen LogP contribution < -0.4 is 10.5 Å². The van der Waals surface area contributed by atoms with Crippen LogP contribution in [0.15, 0.2) is 59.8 Å². The second kappa shape index (κ2) is 8.35. The van der Waals surface area contributed by atoms with Crippen molar-refractivity contribution in [2.24, 2.45) is 0 Å². The number of nitrogens with one attached hydrogen (secondary N) is 2. The Morgan fingerprint density at radius 2 is 2.03 bits per heavy atom. The van der Waals surface area contributed by atoms with Gasteiger partial charge in [-0.1, -0.05) is 12.1 Å². The summed E-state index contributed by atoms with van der Waals surface area (Å²) in [5, 5.41) is 1.23. The van der Waals surface area contributed by atoms with Crippen molar-refractivity contribution in [2.75, 3.05) is 25.0 Å². The van der Waals surface area contributed by atoms with E-state index in [0.29, 0.717) is 12.5 Å². The van der Waals surface area contributed by atoms with Crippen LogP contribution in [0.1, 0.15) is 22.4 Å². The van der Waals surface area contributed by atoms with E-state index in [1.165, 1.54) is 10.9 Å². The number of aromatic amines is 2. The molecular formula is C24H26N6O. The summed E-state index contributed by atoms with van der Waals surface area (Å²) in [6.45, 7) is 3.26. The van der Waals surface area contributed by atoms with Gasteiger partial charge in [0.15, 0.2) is 0 Å². The summed E-state index contributed by atoms with van der Waals surface area (Å²) >= 11 is 0. The maximum Gasteiger partial charge on any atom is 0.255 e. The SMILES string of the molecule is CN(Cc1cccnc1)c1nc2c(c(=O)[nH]1)CCN(Cc1ccc3[nH]ccc3c1)CC2. The molecule has 1 aromatic carbocycles. The van der Waals surface area contributed by atoms with E-state index in [2.05, 4.69) is 44.1 Å². The van der Waals surface area contributed by atoms with Crippen molar-refractivity contribution in [3.05, 3.63) is 87.7 Å². The number of H-pyrrole nitrogens is 2. The van der Waals surface area contributed by atoms with Gasteiger partial charge in [-0.3, -0.25) is 19.7 Å². The van der Waals surface area contributed by atoms with Gasteiger partial charge in [0.1, 0.15) is 0 Å². The molecule has 0 radical (unpaired) electrons. The van der Waals surface area contributed by atoms with Crippen molar-refractivity contribution in [3.63, 3.8) is 0 Å². The Balaban J connectivity index is 1.31. The summed E-state index contributed by atoms with van der Waals surface area (Å²) < 4.78 is 0. The van der Waals surface area contributed by atoms with Crippen LogP contribution >= 0.6 is 0 Å². The summed E-state index contributed by atoms with van der Waals surface area (Å²) in [5.41, 5.74) is 5.24. The van der Waals surface area contributed by atoms with Crippen LogP contribution in [0.4, 0.5) is 5.95 Å². The van der Waals surface area contributed by atoms with Crippen molar-refractivity contribution < 1.29 is 0 Å². The Bertz CT molecular complexity index is 1250. The summed E-state index contributed by atoms with van der Waals surface area (Å²) in [5.74, 6) is 0.610. The quantitative estimate of drug-likeness (QED) is 0.525. The van der Waals surface area contributed by atoms with Crippen molar-refractivity contribution in [3.8, 4) is 0 Å². The zero-order valence-corrected chi connectivity index (χ0v) is 17.6. The predicted octanol–water partition coefficient (Wildman–Crippen LogP) is 2.88. The molecule has 0 spiro atoms. The fourth-order valence-corrected chi connectivity index (χ4v) is 4.28. The first-order valence-electron chi connectivity index (χ1n) is 10.7. The minimum absolute atomic E-state index is 0.0198. The molecule has 0 bridgehead atoms. The van der Waals surface area contributed by atoms with Crippen molar-refractivity contribution in [1.82, 2.24) is 24.8 Å². The fraction of sp³-hybridized carbons (Fsp3) is 0.292. The summed E-state index contributed by atoms with van der Waals surface area (Å²) in [7, 11) is 1.94. The lowest BCUT2D eigenvalue weighted by Gasteiger charge is -2.19. The predicted molar refractivity (Wildman–Crippen MR) is 122 cm³/mol. The fourth-order valence-electron chi connectivity index (χ4n) is 4.28. The molecule has 158 valence electrons. The number of fused-ring (bicyclic) bond motifs is 2. The lowest BCUT2D eigenvalue weighted by Crippen LogP contribution is -2.27. The Kier molecular flexibility index (Phi) is 5.26. The molecule has 7 nitrogen and oxygen atoms in total. The van der Waals surface area contributed by atoms with Gasteiger partial charge in [-0.05, 0) is 47.2 Å². The third-order valence-corrected chi connectivity index (χ3v) is 5.96. The number of rotatable bonds is 5. The average Bonchev–Trinajstić information content (AvgIpc) is 3.15. The van der Waals surface area contributed by atoms with Gasteiger partial charge in [-0.25, -0.2) is 4.98 Å². The first-order valence-corrected chi connectivity index (χ1v) is 10.7. The molecule has 0 fully saturated rings. The van der Waals surface area contributed by atoms with Gasteiger partial charge in [-0.2, -0.15) is 0 Å². The maximum absolute atomic E-state index is 12.8. The van der Waals surface area contributed by atoms with Crippen molar-refractivity contribution in [1.29, 1.82) is 0 Å². The number of aromatic nitrogens is 4. The van der Waals surface area contributed by atoms with Crippen LogP contribution in [0.2, 0.25) is 0 Å². The highest BCUT2D eigenvalue weighted by Gasteiger charge is 2.20. The molecule has 0 aliphatic carbocycles. The molecular weight excluding hydrogens is 388 g/mol. The second-order valence-corrected chi connectivity index (χ2v) is 8.21. The van der Waals surface area contributed by atoms with E-state index < -0.39 is 0 Å². The maximum atomic E-state index is 12.8. The molecule has 1 aliphatic rings. The van der Waals surface area contributed by atoms with Gasteiger partial charge in [-0.15, -0.1) is 0 Å². The topological polar surface area (TPSA) is 80.9 Å². The Morgan fingerprint density at radius 3 is 2.90 bits per heavy atom. The van der Waals surface area contributed by atoms with E-state index in [1.54, 1.807) is 6.20 Å². The van der Waals surface area contributed by atoms with E-state index in [4.69, 9.17) is 4.98 Å². The molecule has 1 aliphatic heterocycles.